The van der Waals surface area contributed by atoms with Crippen LogP contribution in [0.4, 0.5) is 9.59 Å². The van der Waals surface area contributed by atoms with Crippen LogP contribution in [0, 0.1) is 0 Å². The summed E-state index contributed by atoms with van der Waals surface area (Å²) in [5, 5.41) is 19.6. The monoisotopic (exact) mass is 632 g/mol. The standard InChI is InChI=1S/C34H40N4O8/c1-24(32(41)42)36-30(39)28(19-11-12-20-35-33(43)45-22-26-15-7-3-8-16-26)37-31(40)29(21-25-13-5-2-6-14-25)38-34(44)46-23-27-17-9-4-10-18-27/h2-10,13-18,24,28-29H,11-12,19-23H2,1H3,(H,35,43)(H,36,39)(H,37,40)(H,38,44)(H,41,42)/t24?,28-,29-/m0/s1. The van der Waals surface area contributed by atoms with Gasteiger partial charge < -0.3 is 35.8 Å². The zero-order chi connectivity index (χ0) is 33.1. The van der Waals surface area contributed by atoms with Crippen molar-refractivity contribution in [3.05, 3.63) is 108 Å². The van der Waals surface area contributed by atoms with Gasteiger partial charge in [-0.05, 0) is 42.9 Å². The lowest BCUT2D eigenvalue weighted by molar-refractivity contribution is -0.141. The van der Waals surface area contributed by atoms with Gasteiger partial charge in [0.2, 0.25) is 11.8 Å². The lowest BCUT2D eigenvalue weighted by Crippen LogP contribution is -2.56. The molecule has 0 bridgehead atoms. The second kappa shape index (κ2) is 19.1. The summed E-state index contributed by atoms with van der Waals surface area (Å²) in [5.41, 5.74) is 2.38. The Hall–Kier alpha value is -5.39. The first-order valence-corrected chi connectivity index (χ1v) is 15.0. The summed E-state index contributed by atoms with van der Waals surface area (Å²) in [6, 6.07) is 23.9. The Bertz CT molecular complexity index is 1410. The molecular weight excluding hydrogens is 592 g/mol. The molecule has 0 saturated carbocycles. The topological polar surface area (TPSA) is 172 Å². The molecule has 0 aliphatic rings. The molecule has 12 heteroatoms. The average molecular weight is 633 g/mol. The molecular formula is C34H40N4O8. The molecule has 3 rings (SSSR count). The zero-order valence-corrected chi connectivity index (χ0v) is 25.6. The number of carbonyl (C=O) groups excluding carboxylic acids is 4. The number of benzene rings is 3. The van der Waals surface area contributed by atoms with E-state index in [2.05, 4.69) is 21.3 Å². The van der Waals surface area contributed by atoms with Crippen LogP contribution in [0.2, 0.25) is 0 Å². The van der Waals surface area contributed by atoms with Gasteiger partial charge >= 0.3 is 18.2 Å². The number of aliphatic carboxylic acids is 1. The molecule has 0 aliphatic carbocycles. The van der Waals surface area contributed by atoms with Crippen LogP contribution in [0.1, 0.15) is 42.9 Å². The molecule has 1 unspecified atom stereocenters. The Morgan fingerprint density at radius 3 is 1.67 bits per heavy atom. The minimum Gasteiger partial charge on any atom is -0.480 e. The molecule has 0 radical (unpaired) electrons. The first-order valence-electron chi connectivity index (χ1n) is 15.0. The highest BCUT2D eigenvalue weighted by Gasteiger charge is 2.29. The van der Waals surface area contributed by atoms with Gasteiger partial charge in [-0.2, -0.15) is 0 Å². The fourth-order valence-corrected chi connectivity index (χ4v) is 4.32. The van der Waals surface area contributed by atoms with Crippen molar-refractivity contribution < 1.29 is 38.6 Å². The molecule has 0 saturated heterocycles. The molecule has 3 aromatic carbocycles. The molecule has 0 aliphatic heterocycles. The summed E-state index contributed by atoms with van der Waals surface area (Å²) in [6.07, 6.45) is -0.300. The van der Waals surface area contributed by atoms with E-state index in [9.17, 15) is 29.1 Å². The molecule has 3 atom stereocenters. The molecule has 0 heterocycles. The van der Waals surface area contributed by atoms with Gasteiger partial charge in [-0.3, -0.25) is 14.4 Å². The van der Waals surface area contributed by atoms with E-state index in [-0.39, 0.29) is 32.6 Å². The van der Waals surface area contributed by atoms with Crippen molar-refractivity contribution in [3.8, 4) is 0 Å². The van der Waals surface area contributed by atoms with E-state index < -0.39 is 48.1 Å². The molecule has 0 spiro atoms. The summed E-state index contributed by atoms with van der Waals surface area (Å²) >= 11 is 0. The number of hydrogen-bond acceptors (Lipinski definition) is 7. The Labute approximate surface area is 267 Å². The van der Waals surface area contributed by atoms with Crippen molar-refractivity contribution >= 4 is 30.0 Å². The van der Waals surface area contributed by atoms with Crippen LogP contribution >= 0.6 is 0 Å². The van der Waals surface area contributed by atoms with Crippen LogP contribution in [-0.4, -0.2) is 59.7 Å². The van der Waals surface area contributed by atoms with Gasteiger partial charge in [0.1, 0.15) is 31.3 Å². The van der Waals surface area contributed by atoms with Crippen molar-refractivity contribution in [1.82, 2.24) is 21.3 Å². The number of rotatable bonds is 17. The Morgan fingerprint density at radius 1 is 0.630 bits per heavy atom. The largest absolute Gasteiger partial charge is 0.480 e. The number of carboxylic acid groups (broad SMARTS) is 1. The second-order valence-corrected chi connectivity index (χ2v) is 10.6. The minimum absolute atomic E-state index is 0.00170. The van der Waals surface area contributed by atoms with Crippen molar-refractivity contribution in [1.29, 1.82) is 0 Å². The van der Waals surface area contributed by atoms with E-state index in [0.29, 0.717) is 12.8 Å². The maximum Gasteiger partial charge on any atom is 0.408 e. The molecule has 0 fully saturated rings. The van der Waals surface area contributed by atoms with Gasteiger partial charge in [0.05, 0.1) is 0 Å². The number of ether oxygens (including phenoxy) is 2. The Kier molecular flexibility index (Phi) is 14.6. The van der Waals surface area contributed by atoms with E-state index in [1.54, 1.807) is 36.4 Å². The van der Waals surface area contributed by atoms with Crippen LogP contribution in [0.5, 0.6) is 0 Å². The second-order valence-electron chi connectivity index (χ2n) is 10.6. The van der Waals surface area contributed by atoms with Gasteiger partial charge in [-0.1, -0.05) is 91.0 Å². The number of alkyl carbamates (subject to hydrolysis) is 2. The maximum atomic E-state index is 13.5. The van der Waals surface area contributed by atoms with Crippen LogP contribution in [0.3, 0.4) is 0 Å². The predicted octanol–water partition coefficient (Wildman–Crippen LogP) is 3.69. The summed E-state index contributed by atoms with van der Waals surface area (Å²) in [6.45, 7) is 1.69. The lowest BCUT2D eigenvalue weighted by Gasteiger charge is -2.24. The summed E-state index contributed by atoms with van der Waals surface area (Å²) in [7, 11) is 0. The first-order chi connectivity index (χ1) is 22.2. The smallest absolute Gasteiger partial charge is 0.408 e. The molecule has 0 aromatic heterocycles. The van der Waals surface area contributed by atoms with Crippen molar-refractivity contribution in [2.75, 3.05) is 6.54 Å². The fraction of sp³-hybridized carbons (Fsp3) is 0.324. The number of carboxylic acids is 1. The zero-order valence-electron chi connectivity index (χ0n) is 25.6. The normalized spacial score (nSPS) is 12.5. The van der Waals surface area contributed by atoms with Gasteiger partial charge in [-0.15, -0.1) is 0 Å². The first kappa shape index (κ1) is 35.1. The van der Waals surface area contributed by atoms with Crippen LogP contribution in [-0.2, 0) is 43.5 Å². The highest BCUT2D eigenvalue weighted by atomic mass is 16.6. The van der Waals surface area contributed by atoms with Gasteiger partial charge in [0.25, 0.3) is 0 Å². The van der Waals surface area contributed by atoms with E-state index >= 15 is 0 Å². The third kappa shape index (κ3) is 13.1. The third-order valence-electron chi connectivity index (χ3n) is 6.87. The van der Waals surface area contributed by atoms with Crippen molar-refractivity contribution in [3.63, 3.8) is 0 Å². The summed E-state index contributed by atoms with van der Waals surface area (Å²) in [4.78, 5) is 62.7. The molecule has 3 aromatic rings. The molecule has 46 heavy (non-hydrogen) atoms. The van der Waals surface area contributed by atoms with Gasteiger partial charge in [0.15, 0.2) is 0 Å². The Morgan fingerprint density at radius 2 is 1.13 bits per heavy atom. The fourth-order valence-electron chi connectivity index (χ4n) is 4.32. The minimum atomic E-state index is -1.23. The maximum absolute atomic E-state index is 13.5. The Balaban J connectivity index is 1.59. The molecule has 4 amide bonds. The van der Waals surface area contributed by atoms with E-state index in [0.717, 1.165) is 16.7 Å². The van der Waals surface area contributed by atoms with Crippen LogP contribution < -0.4 is 21.3 Å². The lowest BCUT2D eigenvalue weighted by atomic mass is 10.0. The summed E-state index contributed by atoms with van der Waals surface area (Å²) in [5.74, 6) is -2.57. The number of amides is 4. The van der Waals surface area contributed by atoms with E-state index in [4.69, 9.17) is 9.47 Å². The van der Waals surface area contributed by atoms with Gasteiger partial charge in [0, 0.05) is 13.0 Å². The molecule has 5 N–H and O–H groups in total. The number of carbonyl (C=O) groups is 5. The molecule has 244 valence electrons. The van der Waals surface area contributed by atoms with Gasteiger partial charge in [-0.25, -0.2) is 9.59 Å². The van der Waals surface area contributed by atoms with Crippen molar-refractivity contribution in [2.24, 2.45) is 0 Å². The predicted molar refractivity (Wildman–Crippen MR) is 169 cm³/mol. The SMILES string of the molecule is CC(NC(=O)[C@H](CCCCNC(=O)OCc1ccccc1)NC(=O)[C@H](Cc1ccccc1)NC(=O)OCc1ccccc1)C(=O)O. The number of unbranched alkanes of at least 4 members (excludes halogenated alkanes) is 1. The average Bonchev–Trinajstić information content (AvgIpc) is 3.06. The quantitative estimate of drug-likeness (QED) is 0.140. The molecule has 12 nitrogen and oxygen atoms in total. The third-order valence-corrected chi connectivity index (χ3v) is 6.87. The number of nitrogens with one attached hydrogen (secondary N) is 4. The highest BCUT2D eigenvalue weighted by Crippen LogP contribution is 2.08. The van der Waals surface area contributed by atoms with Crippen LogP contribution in [0.25, 0.3) is 0 Å². The highest BCUT2D eigenvalue weighted by molar-refractivity contribution is 5.92. The van der Waals surface area contributed by atoms with E-state index in [1.165, 1.54) is 6.92 Å². The van der Waals surface area contributed by atoms with Crippen molar-refractivity contribution in [2.45, 2.75) is 63.9 Å². The summed E-state index contributed by atoms with van der Waals surface area (Å²) < 4.78 is 10.5. The number of hydrogen-bond donors (Lipinski definition) is 5. The van der Waals surface area contributed by atoms with E-state index in [1.807, 2.05) is 54.6 Å². The van der Waals surface area contributed by atoms with Crippen LogP contribution in [0.15, 0.2) is 91.0 Å².